The number of carboxylic acid groups (broad SMARTS) is 1. The van der Waals surface area contributed by atoms with E-state index in [1.165, 1.54) is 0 Å². The summed E-state index contributed by atoms with van der Waals surface area (Å²) in [6.07, 6.45) is -1.61. The Kier molecular flexibility index (Phi) is 1.70. The number of hydrogen-bond acceptors (Lipinski definition) is 2. The molecule has 0 aliphatic heterocycles. The van der Waals surface area contributed by atoms with Gasteiger partial charge in [-0.2, -0.15) is 0 Å². The van der Waals surface area contributed by atoms with Crippen LogP contribution in [0.25, 0.3) is 0 Å². The predicted molar refractivity (Wildman–Crippen MR) is 30.3 cm³/mol. The van der Waals surface area contributed by atoms with Crippen molar-refractivity contribution >= 4 is 11.8 Å². The van der Waals surface area contributed by atoms with Crippen molar-refractivity contribution in [3.63, 3.8) is 0 Å². The molecule has 4 heteroatoms. The van der Waals surface area contributed by atoms with Crippen molar-refractivity contribution in [1.82, 2.24) is 0 Å². The monoisotopic (exact) mass is 146 g/mol. The van der Waals surface area contributed by atoms with Crippen molar-refractivity contribution in [2.45, 2.75) is 19.0 Å². The molecule has 0 bridgehead atoms. The first kappa shape index (κ1) is 7.18. The van der Waals surface area contributed by atoms with E-state index >= 15 is 0 Å². The first-order valence-corrected chi connectivity index (χ1v) is 3.01. The molecule has 1 rings (SSSR count). The van der Waals surface area contributed by atoms with E-state index in [4.69, 9.17) is 5.11 Å². The van der Waals surface area contributed by atoms with Crippen LogP contribution in [0.4, 0.5) is 4.39 Å². The van der Waals surface area contributed by atoms with Gasteiger partial charge in [-0.1, -0.05) is 0 Å². The lowest BCUT2D eigenvalue weighted by molar-refractivity contribution is -0.145. The third-order valence-corrected chi connectivity index (χ3v) is 1.60. The largest absolute Gasteiger partial charge is 0.481 e. The summed E-state index contributed by atoms with van der Waals surface area (Å²) in [7, 11) is 0. The van der Waals surface area contributed by atoms with Crippen molar-refractivity contribution in [2.24, 2.45) is 5.92 Å². The fourth-order valence-corrected chi connectivity index (χ4v) is 1.07. The van der Waals surface area contributed by atoms with E-state index in [0.29, 0.717) is 0 Å². The predicted octanol–water partition coefficient (Wildman–Crippen LogP) is 0.388. The van der Waals surface area contributed by atoms with Gasteiger partial charge in [-0.25, -0.2) is 4.39 Å². The van der Waals surface area contributed by atoms with Crippen LogP contribution < -0.4 is 0 Å². The van der Waals surface area contributed by atoms with E-state index in [0.717, 1.165) is 0 Å². The van der Waals surface area contributed by atoms with Crippen LogP contribution in [0, 0.1) is 5.92 Å². The molecule has 1 aliphatic rings. The van der Waals surface area contributed by atoms with Gasteiger partial charge in [-0.05, 0) is 6.42 Å². The molecule has 2 unspecified atom stereocenters. The molecule has 2 atom stereocenters. The number of rotatable bonds is 1. The highest BCUT2D eigenvalue weighted by Gasteiger charge is 2.37. The van der Waals surface area contributed by atoms with Gasteiger partial charge in [0.25, 0.3) is 0 Å². The molecule has 1 fully saturated rings. The highest BCUT2D eigenvalue weighted by molar-refractivity contribution is 6.00. The second-order valence-corrected chi connectivity index (χ2v) is 2.39. The van der Waals surface area contributed by atoms with E-state index in [1.807, 2.05) is 0 Å². The Bertz CT molecular complexity index is 178. The summed E-state index contributed by atoms with van der Waals surface area (Å²) in [6, 6.07) is 0. The van der Waals surface area contributed by atoms with Crippen molar-refractivity contribution in [2.75, 3.05) is 0 Å². The molecule has 0 aromatic heterocycles. The summed E-state index contributed by atoms with van der Waals surface area (Å²) in [5, 5.41) is 8.31. The molecule has 0 radical (unpaired) electrons. The molecule has 1 N–H and O–H groups in total. The van der Waals surface area contributed by atoms with Crippen LogP contribution in [0.2, 0.25) is 0 Å². The Morgan fingerprint density at radius 2 is 2.30 bits per heavy atom. The molecule has 3 nitrogen and oxygen atoms in total. The average molecular weight is 146 g/mol. The molecule has 1 saturated carbocycles. The Balaban J connectivity index is 2.63. The van der Waals surface area contributed by atoms with Crippen molar-refractivity contribution in [3.05, 3.63) is 0 Å². The zero-order chi connectivity index (χ0) is 7.72. The number of carbonyl (C=O) groups is 2. The highest BCUT2D eigenvalue weighted by Crippen LogP contribution is 2.24. The standard InChI is InChI=1S/C6H7FO3/c7-3-1-4(6(9)10)5(8)2-3/h3-4H,1-2H2,(H,9,10). The number of halogens is 1. The molecule has 0 amide bonds. The van der Waals surface area contributed by atoms with Gasteiger partial charge < -0.3 is 5.11 Å². The van der Waals surface area contributed by atoms with Gasteiger partial charge in [0.15, 0.2) is 0 Å². The number of carbonyl (C=O) groups excluding carboxylic acids is 1. The lowest BCUT2D eigenvalue weighted by Crippen LogP contribution is -2.17. The molecule has 0 aromatic rings. The van der Waals surface area contributed by atoms with E-state index in [1.54, 1.807) is 0 Å². The maximum Gasteiger partial charge on any atom is 0.314 e. The van der Waals surface area contributed by atoms with E-state index in [2.05, 4.69) is 0 Å². The second-order valence-electron chi connectivity index (χ2n) is 2.39. The maximum absolute atomic E-state index is 12.3. The summed E-state index contributed by atoms with van der Waals surface area (Å²) >= 11 is 0. The Morgan fingerprint density at radius 1 is 1.70 bits per heavy atom. The summed E-state index contributed by atoms with van der Waals surface area (Å²) < 4.78 is 12.3. The third kappa shape index (κ3) is 1.15. The molecule has 56 valence electrons. The Labute approximate surface area is 56.8 Å². The smallest absolute Gasteiger partial charge is 0.314 e. The second kappa shape index (κ2) is 2.36. The Morgan fingerprint density at radius 3 is 2.50 bits per heavy atom. The average Bonchev–Trinajstić information content (AvgIpc) is 2.10. The lowest BCUT2D eigenvalue weighted by atomic mass is 10.1. The van der Waals surface area contributed by atoms with Crippen molar-refractivity contribution in [1.29, 1.82) is 0 Å². The minimum atomic E-state index is -1.24. The number of alkyl halides is 1. The first-order valence-electron chi connectivity index (χ1n) is 3.01. The van der Waals surface area contributed by atoms with Gasteiger partial charge in [-0.3, -0.25) is 9.59 Å². The molecule has 1 aliphatic carbocycles. The van der Waals surface area contributed by atoms with E-state index in [-0.39, 0.29) is 12.8 Å². The first-order chi connectivity index (χ1) is 4.61. The maximum atomic E-state index is 12.3. The van der Waals surface area contributed by atoms with Crippen molar-refractivity contribution < 1.29 is 19.1 Å². The van der Waals surface area contributed by atoms with Gasteiger partial charge >= 0.3 is 5.97 Å². The molecule has 0 heterocycles. The van der Waals surface area contributed by atoms with Gasteiger partial charge in [0.1, 0.15) is 17.9 Å². The zero-order valence-corrected chi connectivity index (χ0v) is 5.21. The molecule has 0 spiro atoms. The number of hydrogen-bond donors (Lipinski definition) is 1. The van der Waals surface area contributed by atoms with Crippen LogP contribution in [0.5, 0.6) is 0 Å². The fraction of sp³-hybridized carbons (Fsp3) is 0.667. The number of Topliss-reactive ketones (excluding diaryl/α,β-unsaturated/α-hetero) is 1. The number of ketones is 1. The minimum absolute atomic E-state index is 0.145. The lowest BCUT2D eigenvalue weighted by Gasteiger charge is -1.97. The zero-order valence-electron chi connectivity index (χ0n) is 5.21. The third-order valence-electron chi connectivity index (χ3n) is 1.60. The normalized spacial score (nSPS) is 32.7. The van der Waals surface area contributed by atoms with Crippen LogP contribution in [0.3, 0.4) is 0 Å². The van der Waals surface area contributed by atoms with E-state index in [9.17, 15) is 14.0 Å². The summed E-state index contributed by atoms with van der Waals surface area (Å²) in [6.45, 7) is 0. The SMILES string of the molecule is O=C(O)C1CC(F)CC1=O. The molecular formula is C6H7FO3. The van der Waals surface area contributed by atoms with Crippen LogP contribution in [-0.4, -0.2) is 23.0 Å². The molecule has 10 heavy (non-hydrogen) atoms. The van der Waals surface area contributed by atoms with Crippen LogP contribution in [0.15, 0.2) is 0 Å². The van der Waals surface area contributed by atoms with Crippen LogP contribution in [-0.2, 0) is 9.59 Å². The van der Waals surface area contributed by atoms with Crippen LogP contribution in [0.1, 0.15) is 12.8 Å². The summed E-state index contributed by atoms with van der Waals surface area (Å²) in [4.78, 5) is 20.8. The summed E-state index contributed by atoms with van der Waals surface area (Å²) in [5.41, 5.74) is 0. The van der Waals surface area contributed by atoms with Crippen LogP contribution >= 0.6 is 0 Å². The van der Waals surface area contributed by atoms with Gasteiger partial charge in [0.05, 0.1) is 0 Å². The Hall–Kier alpha value is -0.930. The van der Waals surface area contributed by atoms with Gasteiger partial charge in [0, 0.05) is 6.42 Å². The highest BCUT2D eigenvalue weighted by atomic mass is 19.1. The fourth-order valence-electron chi connectivity index (χ4n) is 1.07. The molecule has 0 saturated heterocycles. The molecule has 0 aromatic carbocycles. The van der Waals surface area contributed by atoms with E-state index < -0.39 is 23.8 Å². The molecular weight excluding hydrogens is 139 g/mol. The minimum Gasteiger partial charge on any atom is -0.481 e. The number of aliphatic carboxylic acids is 1. The quantitative estimate of drug-likeness (QED) is 0.544. The van der Waals surface area contributed by atoms with Gasteiger partial charge in [-0.15, -0.1) is 0 Å². The number of carboxylic acids is 1. The van der Waals surface area contributed by atoms with Gasteiger partial charge in [0.2, 0.25) is 0 Å². The van der Waals surface area contributed by atoms with Crippen molar-refractivity contribution in [3.8, 4) is 0 Å². The topological polar surface area (TPSA) is 54.4 Å². The summed E-state index contributed by atoms with van der Waals surface area (Å²) in [5.74, 6) is -2.78.